The molecule has 5 heteroatoms. The maximum absolute atomic E-state index is 11.4. The summed E-state index contributed by atoms with van der Waals surface area (Å²) in [5.41, 5.74) is 3.00. The highest BCUT2D eigenvalue weighted by molar-refractivity contribution is 5.91. The molecular formula is C15H19N3O2. The highest BCUT2D eigenvalue weighted by Crippen LogP contribution is 2.14. The molecule has 0 unspecified atom stereocenters. The van der Waals surface area contributed by atoms with E-state index in [4.69, 9.17) is 4.74 Å². The van der Waals surface area contributed by atoms with Crippen molar-refractivity contribution in [3.8, 4) is 0 Å². The Morgan fingerprint density at radius 1 is 1.20 bits per heavy atom. The Labute approximate surface area is 118 Å². The molecule has 0 aliphatic rings. The number of anilines is 2. The molecule has 0 saturated heterocycles. The van der Waals surface area contributed by atoms with Crippen molar-refractivity contribution >= 4 is 17.3 Å². The maximum atomic E-state index is 11.4. The minimum atomic E-state index is -0.155. The summed E-state index contributed by atoms with van der Waals surface area (Å²) < 4.78 is 6.78. The quantitative estimate of drug-likeness (QED) is 0.848. The lowest BCUT2D eigenvalue weighted by Crippen LogP contribution is -2.16. The van der Waals surface area contributed by atoms with E-state index in [1.165, 1.54) is 12.7 Å². The zero-order valence-electron chi connectivity index (χ0n) is 11.7. The Morgan fingerprint density at radius 3 is 2.50 bits per heavy atom. The normalized spacial score (nSPS) is 10.3. The van der Waals surface area contributed by atoms with E-state index in [0.717, 1.165) is 17.9 Å². The molecule has 0 radical (unpaired) electrons. The van der Waals surface area contributed by atoms with Gasteiger partial charge >= 0.3 is 0 Å². The monoisotopic (exact) mass is 273 g/mol. The first-order valence-corrected chi connectivity index (χ1v) is 6.41. The van der Waals surface area contributed by atoms with Crippen LogP contribution in [0.4, 0.5) is 11.4 Å². The molecule has 0 aliphatic heterocycles. The minimum Gasteiger partial charge on any atom is -0.381 e. The molecule has 0 fully saturated rings. The number of carbonyl (C=O) groups is 1. The summed E-state index contributed by atoms with van der Waals surface area (Å²) in [7, 11) is 3.50. The van der Waals surface area contributed by atoms with Gasteiger partial charge in [-0.3, -0.25) is 4.79 Å². The lowest BCUT2D eigenvalue weighted by molar-refractivity contribution is -0.119. The Bertz CT molecular complexity index is 561. The van der Waals surface area contributed by atoms with Gasteiger partial charge in [-0.05, 0) is 35.9 Å². The van der Waals surface area contributed by atoms with Gasteiger partial charge < -0.3 is 19.9 Å². The number of carbonyl (C=O) groups excluding carboxylic acids is 1. The summed E-state index contributed by atoms with van der Waals surface area (Å²) in [5.74, 6) is -0.155. The second kappa shape index (κ2) is 6.77. The van der Waals surface area contributed by atoms with Crippen molar-refractivity contribution in [1.29, 1.82) is 0 Å². The average molecular weight is 273 g/mol. The van der Waals surface area contributed by atoms with Crippen LogP contribution in [0.5, 0.6) is 0 Å². The van der Waals surface area contributed by atoms with E-state index in [-0.39, 0.29) is 12.5 Å². The molecule has 5 nitrogen and oxygen atoms in total. The lowest BCUT2D eigenvalue weighted by atomic mass is 10.2. The number of hydrogen-bond donors (Lipinski definition) is 2. The summed E-state index contributed by atoms with van der Waals surface area (Å²) in [6.07, 6.45) is 4.10. The smallest absolute Gasteiger partial charge is 0.250 e. The van der Waals surface area contributed by atoms with Crippen LogP contribution in [0, 0.1) is 0 Å². The van der Waals surface area contributed by atoms with Crippen LogP contribution in [0.15, 0.2) is 42.7 Å². The number of methoxy groups -OCH3 is 1. The third-order valence-electron chi connectivity index (χ3n) is 2.83. The van der Waals surface area contributed by atoms with Crippen LogP contribution in [0.1, 0.15) is 5.56 Å². The summed E-state index contributed by atoms with van der Waals surface area (Å²) in [5, 5.41) is 6.08. The minimum absolute atomic E-state index is 0.0635. The van der Waals surface area contributed by atoms with Gasteiger partial charge in [0.15, 0.2) is 0 Å². The van der Waals surface area contributed by atoms with Crippen LogP contribution in [0.2, 0.25) is 0 Å². The van der Waals surface area contributed by atoms with Crippen molar-refractivity contribution in [2.24, 2.45) is 7.05 Å². The third-order valence-corrected chi connectivity index (χ3v) is 2.83. The molecule has 1 heterocycles. The molecule has 0 saturated carbocycles. The SMILES string of the molecule is COCC(=O)Nc1ccc(NCc2ccn(C)c2)cc1. The number of aryl methyl sites for hydroxylation is 1. The summed E-state index contributed by atoms with van der Waals surface area (Å²) >= 11 is 0. The van der Waals surface area contributed by atoms with Crippen LogP contribution in [-0.4, -0.2) is 24.2 Å². The predicted octanol–water partition coefficient (Wildman–Crippen LogP) is 2.22. The molecule has 106 valence electrons. The van der Waals surface area contributed by atoms with Crippen molar-refractivity contribution in [2.75, 3.05) is 24.4 Å². The molecule has 0 spiro atoms. The van der Waals surface area contributed by atoms with Gasteiger partial charge in [-0.15, -0.1) is 0 Å². The number of hydrogen-bond acceptors (Lipinski definition) is 3. The Kier molecular flexibility index (Phi) is 4.79. The van der Waals surface area contributed by atoms with E-state index in [1.54, 1.807) is 0 Å². The number of nitrogens with zero attached hydrogens (tertiary/aromatic N) is 1. The first-order valence-electron chi connectivity index (χ1n) is 6.41. The summed E-state index contributed by atoms with van der Waals surface area (Å²) in [4.78, 5) is 11.4. The summed E-state index contributed by atoms with van der Waals surface area (Å²) in [6, 6.07) is 9.67. The molecule has 0 bridgehead atoms. The molecule has 2 N–H and O–H groups in total. The van der Waals surface area contributed by atoms with Crippen LogP contribution < -0.4 is 10.6 Å². The standard InChI is InChI=1S/C15H19N3O2/c1-18-8-7-12(10-18)9-16-13-3-5-14(6-4-13)17-15(19)11-20-2/h3-8,10,16H,9,11H2,1-2H3,(H,17,19). The van der Waals surface area contributed by atoms with Crippen molar-refractivity contribution < 1.29 is 9.53 Å². The van der Waals surface area contributed by atoms with Gasteiger partial charge in [0.2, 0.25) is 5.91 Å². The molecule has 0 aliphatic carbocycles. The molecule has 0 atom stereocenters. The highest BCUT2D eigenvalue weighted by Gasteiger charge is 2.01. The second-order valence-electron chi connectivity index (χ2n) is 4.60. The van der Waals surface area contributed by atoms with Crippen molar-refractivity contribution in [3.05, 3.63) is 48.3 Å². The molecule has 1 aromatic heterocycles. The van der Waals surface area contributed by atoms with E-state index >= 15 is 0 Å². The molecule has 2 aromatic rings. The Balaban J connectivity index is 1.86. The molecule has 1 amide bonds. The zero-order valence-corrected chi connectivity index (χ0v) is 11.7. The first-order chi connectivity index (χ1) is 9.67. The molecule has 2 rings (SSSR count). The van der Waals surface area contributed by atoms with E-state index in [2.05, 4.69) is 22.9 Å². The first kappa shape index (κ1) is 14.1. The Morgan fingerprint density at radius 2 is 1.90 bits per heavy atom. The number of amides is 1. The van der Waals surface area contributed by atoms with Crippen molar-refractivity contribution in [3.63, 3.8) is 0 Å². The maximum Gasteiger partial charge on any atom is 0.250 e. The molecule has 20 heavy (non-hydrogen) atoms. The number of aromatic nitrogens is 1. The average Bonchev–Trinajstić information content (AvgIpc) is 2.84. The number of rotatable bonds is 6. The van der Waals surface area contributed by atoms with E-state index in [1.807, 2.05) is 42.1 Å². The molecule has 1 aromatic carbocycles. The molecular weight excluding hydrogens is 254 g/mol. The topological polar surface area (TPSA) is 55.3 Å². The summed E-state index contributed by atoms with van der Waals surface area (Å²) in [6.45, 7) is 0.838. The number of benzene rings is 1. The third kappa shape index (κ3) is 4.13. The van der Waals surface area contributed by atoms with E-state index < -0.39 is 0 Å². The van der Waals surface area contributed by atoms with E-state index in [0.29, 0.717) is 0 Å². The highest BCUT2D eigenvalue weighted by atomic mass is 16.5. The predicted molar refractivity (Wildman–Crippen MR) is 79.7 cm³/mol. The van der Waals surface area contributed by atoms with Crippen LogP contribution in [0.25, 0.3) is 0 Å². The lowest BCUT2D eigenvalue weighted by Gasteiger charge is -2.08. The van der Waals surface area contributed by atoms with Crippen molar-refractivity contribution in [2.45, 2.75) is 6.54 Å². The second-order valence-corrected chi connectivity index (χ2v) is 4.60. The van der Waals surface area contributed by atoms with Gasteiger partial charge in [0.1, 0.15) is 6.61 Å². The number of ether oxygens (including phenoxy) is 1. The Hall–Kier alpha value is -2.27. The van der Waals surface area contributed by atoms with Crippen LogP contribution >= 0.6 is 0 Å². The van der Waals surface area contributed by atoms with Gasteiger partial charge in [0, 0.05) is 44.5 Å². The fourth-order valence-electron chi connectivity index (χ4n) is 1.87. The van der Waals surface area contributed by atoms with E-state index in [9.17, 15) is 4.79 Å². The fourth-order valence-corrected chi connectivity index (χ4v) is 1.87. The van der Waals surface area contributed by atoms with Gasteiger partial charge in [-0.25, -0.2) is 0 Å². The zero-order chi connectivity index (χ0) is 14.4. The van der Waals surface area contributed by atoms with Gasteiger partial charge in [-0.2, -0.15) is 0 Å². The number of nitrogens with one attached hydrogen (secondary N) is 2. The van der Waals surface area contributed by atoms with Gasteiger partial charge in [0.25, 0.3) is 0 Å². The van der Waals surface area contributed by atoms with Crippen LogP contribution in [-0.2, 0) is 23.1 Å². The van der Waals surface area contributed by atoms with Gasteiger partial charge in [-0.1, -0.05) is 0 Å². The van der Waals surface area contributed by atoms with Crippen molar-refractivity contribution in [1.82, 2.24) is 4.57 Å². The van der Waals surface area contributed by atoms with Crippen LogP contribution in [0.3, 0.4) is 0 Å². The largest absolute Gasteiger partial charge is 0.381 e. The fraction of sp³-hybridized carbons (Fsp3) is 0.267. The van der Waals surface area contributed by atoms with Gasteiger partial charge in [0.05, 0.1) is 0 Å².